The van der Waals surface area contributed by atoms with Crippen molar-refractivity contribution < 1.29 is 14.6 Å². The lowest BCUT2D eigenvalue weighted by Crippen LogP contribution is -2.19. The van der Waals surface area contributed by atoms with Gasteiger partial charge in [0.1, 0.15) is 12.7 Å². The molecule has 0 aliphatic heterocycles. The van der Waals surface area contributed by atoms with E-state index in [0.29, 0.717) is 6.42 Å². The van der Waals surface area contributed by atoms with Crippen molar-refractivity contribution in [1.29, 1.82) is 0 Å². The van der Waals surface area contributed by atoms with E-state index in [1.165, 1.54) is 70.6 Å². The first kappa shape index (κ1) is 24.5. The Bertz CT molecular complexity index is 318. The molecule has 0 amide bonds. The zero-order chi connectivity index (χ0) is 18.6. The number of unbranched alkanes of at least 4 members (excludes halogenated alkanes) is 11. The van der Waals surface area contributed by atoms with Crippen LogP contribution >= 0.6 is 11.6 Å². The second kappa shape index (κ2) is 19.8. The summed E-state index contributed by atoms with van der Waals surface area (Å²) in [7, 11) is 0. The van der Waals surface area contributed by atoms with Crippen LogP contribution in [0.25, 0.3) is 0 Å². The van der Waals surface area contributed by atoms with E-state index in [0.717, 1.165) is 12.8 Å². The number of allylic oxidation sites excluding steroid dienone is 2. The summed E-state index contributed by atoms with van der Waals surface area (Å²) in [6.45, 7) is 2.26. The number of aliphatic hydroxyl groups excluding tert-OH is 1. The maximum atomic E-state index is 11.4. The van der Waals surface area contributed by atoms with Crippen LogP contribution < -0.4 is 0 Å². The molecule has 1 N–H and O–H groups in total. The number of aliphatic hydroxyl groups is 1. The maximum Gasteiger partial charge on any atom is 0.305 e. The monoisotopic (exact) mass is 374 g/mol. The number of esters is 1. The fraction of sp³-hybridized carbons (Fsp3) is 0.857. The van der Waals surface area contributed by atoms with Gasteiger partial charge in [-0.1, -0.05) is 70.4 Å². The van der Waals surface area contributed by atoms with Crippen molar-refractivity contribution in [1.82, 2.24) is 0 Å². The Labute approximate surface area is 160 Å². The van der Waals surface area contributed by atoms with Gasteiger partial charge in [-0.15, -0.1) is 11.6 Å². The van der Waals surface area contributed by atoms with Crippen molar-refractivity contribution in [3.63, 3.8) is 0 Å². The van der Waals surface area contributed by atoms with Crippen LogP contribution in [0.4, 0.5) is 0 Å². The smallest absolute Gasteiger partial charge is 0.305 e. The van der Waals surface area contributed by atoms with Gasteiger partial charge in [0.05, 0.1) is 5.88 Å². The molecule has 0 aromatic rings. The predicted molar refractivity (Wildman–Crippen MR) is 107 cm³/mol. The van der Waals surface area contributed by atoms with Crippen LogP contribution in [0.15, 0.2) is 12.2 Å². The topological polar surface area (TPSA) is 46.5 Å². The minimum absolute atomic E-state index is 0.00735. The van der Waals surface area contributed by atoms with Crippen LogP contribution in [0.5, 0.6) is 0 Å². The highest BCUT2D eigenvalue weighted by atomic mass is 35.5. The molecule has 148 valence electrons. The normalized spacial score (nSPS) is 12.6. The summed E-state index contributed by atoms with van der Waals surface area (Å²) in [6, 6.07) is 0. The average Bonchev–Trinajstić information content (AvgIpc) is 2.62. The zero-order valence-corrected chi connectivity index (χ0v) is 16.9. The number of hydrogen-bond acceptors (Lipinski definition) is 3. The molecule has 0 heterocycles. The minimum atomic E-state index is -0.750. The van der Waals surface area contributed by atoms with E-state index in [1.807, 2.05) is 0 Å². The molecule has 0 fully saturated rings. The third kappa shape index (κ3) is 19.6. The summed E-state index contributed by atoms with van der Waals surface area (Å²) < 4.78 is 4.93. The van der Waals surface area contributed by atoms with Gasteiger partial charge in [-0.05, 0) is 32.1 Å². The van der Waals surface area contributed by atoms with Gasteiger partial charge in [0.25, 0.3) is 0 Å². The number of hydrogen-bond donors (Lipinski definition) is 1. The molecule has 0 unspecified atom stereocenters. The molecular weight excluding hydrogens is 336 g/mol. The van der Waals surface area contributed by atoms with Crippen molar-refractivity contribution >= 4 is 17.6 Å². The molecule has 0 aliphatic carbocycles. The Morgan fingerprint density at radius 1 is 0.920 bits per heavy atom. The van der Waals surface area contributed by atoms with Crippen molar-refractivity contribution in [2.45, 2.75) is 103 Å². The lowest BCUT2D eigenvalue weighted by atomic mass is 10.1. The molecule has 0 aromatic carbocycles. The van der Waals surface area contributed by atoms with Crippen molar-refractivity contribution in [3.8, 4) is 0 Å². The minimum Gasteiger partial charge on any atom is -0.463 e. The number of alkyl halides is 1. The van der Waals surface area contributed by atoms with Crippen LogP contribution in [-0.4, -0.2) is 29.7 Å². The van der Waals surface area contributed by atoms with Crippen LogP contribution in [-0.2, 0) is 9.53 Å². The van der Waals surface area contributed by atoms with Crippen molar-refractivity contribution in [2.24, 2.45) is 0 Å². The Balaban J connectivity index is 3.22. The van der Waals surface area contributed by atoms with Crippen LogP contribution in [0.2, 0.25) is 0 Å². The molecular formula is C21H39ClO3. The van der Waals surface area contributed by atoms with E-state index in [4.69, 9.17) is 16.3 Å². The van der Waals surface area contributed by atoms with Gasteiger partial charge in [-0.25, -0.2) is 0 Å². The van der Waals surface area contributed by atoms with Gasteiger partial charge in [-0.2, -0.15) is 0 Å². The van der Waals surface area contributed by atoms with E-state index in [2.05, 4.69) is 19.1 Å². The number of carbonyl (C=O) groups excluding carboxylic acids is 1. The summed E-state index contributed by atoms with van der Waals surface area (Å²) >= 11 is 5.44. The summed E-state index contributed by atoms with van der Waals surface area (Å²) in [6.07, 6.45) is 20.5. The second-order valence-electron chi connectivity index (χ2n) is 6.83. The van der Waals surface area contributed by atoms with Crippen LogP contribution in [0.1, 0.15) is 96.8 Å². The van der Waals surface area contributed by atoms with Crippen LogP contribution in [0.3, 0.4) is 0 Å². The van der Waals surface area contributed by atoms with E-state index >= 15 is 0 Å². The lowest BCUT2D eigenvalue weighted by Gasteiger charge is -2.07. The Hall–Kier alpha value is -0.540. The fourth-order valence-corrected chi connectivity index (χ4v) is 2.74. The Morgan fingerprint density at radius 2 is 1.44 bits per heavy atom. The summed E-state index contributed by atoms with van der Waals surface area (Å²) in [5.41, 5.74) is 0. The number of halogens is 1. The molecule has 0 saturated heterocycles. The summed E-state index contributed by atoms with van der Waals surface area (Å²) in [5, 5.41) is 9.20. The zero-order valence-electron chi connectivity index (χ0n) is 16.2. The molecule has 0 rings (SSSR count). The molecule has 0 aliphatic rings. The molecule has 0 saturated carbocycles. The number of ether oxygens (including phenoxy) is 1. The molecule has 0 bridgehead atoms. The first-order valence-electron chi connectivity index (χ1n) is 10.2. The van der Waals surface area contributed by atoms with Gasteiger partial charge in [0, 0.05) is 6.42 Å². The quantitative estimate of drug-likeness (QED) is 0.135. The first-order chi connectivity index (χ1) is 12.2. The summed E-state index contributed by atoms with van der Waals surface area (Å²) in [5.74, 6) is -0.137. The van der Waals surface area contributed by atoms with Gasteiger partial charge >= 0.3 is 5.97 Å². The molecule has 0 aromatic heterocycles. The number of rotatable bonds is 18. The fourth-order valence-electron chi connectivity index (χ4n) is 2.65. The third-order valence-electron chi connectivity index (χ3n) is 4.26. The Morgan fingerprint density at radius 3 is 2.00 bits per heavy atom. The maximum absolute atomic E-state index is 11.4. The highest BCUT2D eigenvalue weighted by molar-refractivity contribution is 6.18. The second-order valence-corrected chi connectivity index (χ2v) is 7.13. The third-order valence-corrected chi connectivity index (χ3v) is 4.61. The highest BCUT2D eigenvalue weighted by Crippen LogP contribution is 2.10. The highest BCUT2D eigenvalue weighted by Gasteiger charge is 2.07. The van der Waals surface area contributed by atoms with Crippen molar-refractivity contribution in [2.75, 3.05) is 12.5 Å². The molecule has 1 atom stereocenters. The average molecular weight is 375 g/mol. The van der Waals surface area contributed by atoms with E-state index in [1.54, 1.807) is 0 Å². The van der Waals surface area contributed by atoms with Gasteiger partial charge in [0.2, 0.25) is 0 Å². The van der Waals surface area contributed by atoms with Gasteiger partial charge < -0.3 is 9.84 Å². The molecule has 0 spiro atoms. The predicted octanol–water partition coefficient (Wildman–Crippen LogP) is 6.17. The van der Waals surface area contributed by atoms with E-state index in [9.17, 15) is 9.90 Å². The molecule has 25 heavy (non-hydrogen) atoms. The largest absolute Gasteiger partial charge is 0.463 e. The van der Waals surface area contributed by atoms with Crippen molar-refractivity contribution in [3.05, 3.63) is 12.2 Å². The van der Waals surface area contributed by atoms with Gasteiger partial charge in [-0.3, -0.25) is 4.79 Å². The molecule has 4 heteroatoms. The molecule has 3 nitrogen and oxygen atoms in total. The number of carbonyl (C=O) groups is 1. The lowest BCUT2D eigenvalue weighted by molar-refractivity contribution is -0.146. The van der Waals surface area contributed by atoms with Gasteiger partial charge in [0.15, 0.2) is 0 Å². The van der Waals surface area contributed by atoms with E-state index in [-0.39, 0.29) is 18.5 Å². The standard InChI is InChI=1S/C21H39ClO3/c1-2-3-4-5-6-7-8-9-10-11-12-13-14-15-16-17-21(24)25-19-20(23)18-22/h9-10,20,23H,2-8,11-19H2,1H3/b10-9-/t20-/m1/s1. The van der Waals surface area contributed by atoms with Crippen LogP contribution in [0, 0.1) is 0 Å². The first-order valence-corrected chi connectivity index (χ1v) is 10.8. The Kier molecular flexibility index (Phi) is 19.4. The SMILES string of the molecule is CCCCCCCC/C=C\CCCCCCCC(=O)OC[C@H](O)CCl. The van der Waals surface area contributed by atoms with E-state index < -0.39 is 6.10 Å². The molecule has 0 radical (unpaired) electrons. The summed E-state index contributed by atoms with van der Waals surface area (Å²) in [4.78, 5) is 11.4.